The molecule has 0 atom stereocenters. The number of benzene rings is 2. The van der Waals surface area contributed by atoms with Crippen molar-refractivity contribution < 1.29 is 9.18 Å². The van der Waals surface area contributed by atoms with Crippen LogP contribution in [-0.2, 0) is 0 Å². The van der Waals surface area contributed by atoms with Crippen molar-refractivity contribution in [1.29, 1.82) is 5.26 Å². The van der Waals surface area contributed by atoms with Gasteiger partial charge in [0.05, 0.1) is 15.7 Å². The van der Waals surface area contributed by atoms with Crippen LogP contribution in [0, 0.1) is 17.1 Å². The van der Waals surface area contributed by atoms with E-state index in [9.17, 15) is 9.18 Å². The molecule has 0 saturated heterocycles. The molecule has 20 heavy (non-hydrogen) atoms. The zero-order chi connectivity index (χ0) is 14.7. The van der Waals surface area contributed by atoms with Crippen LogP contribution in [0.4, 0.5) is 15.8 Å². The van der Waals surface area contributed by atoms with E-state index in [1.54, 1.807) is 24.3 Å². The van der Waals surface area contributed by atoms with E-state index in [1.165, 1.54) is 12.1 Å². The minimum absolute atomic E-state index is 0.110. The lowest BCUT2D eigenvalue weighted by molar-refractivity contribution is 0.100. The number of carbonyl (C=O) groups excluding carboxylic acids is 1. The summed E-state index contributed by atoms with van der Waals surface area (Å²) in [5.41, 5.74) is 6.56. The van der Waals surface area contributed by atoms with E-state index in [0.717, 1.165) is 0 Å². The third-order valence-corrected chi connectivity index (χ3v) is 3.43. The fraction of sp³-hybridized carbons (Fsp3) is 0. The molecule has 0 unspecified atom stereocenters. The van der Waals surface area contributed by atoms with E-state index in [-0.39, 0.29) is 15.7 Å². The number of nitrogens with two attached hydrogens (primary N) is 1. The largest absolute Gasteiger partial charge is 0.366 e. The zero-order valence-electron chi connectivity index (χ0n) is 10.2. The van der Waals surface area contributed by atoms with Crippen LogP contribution in [0.15, 0.2) is 40.9 Å². The average Bonchev–Trinajstić information content (AvgIpc) is 2.45. The van der Waals surface area contributed by atoms with E-state index in [1.807, 2.05) is 6.07 Å². The fourth-order valence-corrected chi connectivity index (χ4v) is 2.04. The van der Waals surface area contributed by atoms with Crippen LogP contribution in [0.5, 0.6) is 0 Å². The molecule has 6 heteroatoms. The Balaban J connectivity index is 2.29. The molecule has 0 radical (unpaired) electrons. The van der Waals surface area contributed by atoms with Crippen molar-refractivity contribution in [2.45, 2.75) is 0 Å². The van der Waals surface area contributed by atoms with Gasteiger partial charge in [0.15, 0.2) is 5.82 Å². The maximum Gasteiger partial charge on any atom is 0.248 e. The summed E-state index contributed by atoms with van der Waals surface area (Å²) in [4.78, 5) is 10.9. The summed E-state index contributed by atoms with van der Waals surface area (Å²) in [6.45, 7) is 0. The molecule has 2 rings (SSSR count). The van der Waals surface area contributed by atoms with E-state index >= 15 is 0 Å². The van der Waals surface area contributed by atoms with Crippen LogP contribution in [0.2, 0.25) is 0 Å². The third-order valence-electron chi connectivity index (χ3n) is 2.65. The fourth-order valence-electron chi connectivity index (χ4n) is 1.61. The number of amides is 1. The first-order valence-electron chi connectivity index (χ1n) is 5.58. The molecule has 3 N–H and O–H groups in total. The van der Waals surface area contributed by atoms with E-state index in [4.69, 9.17) is 11.0 Å². The number of nitrogens with zero attached hydrogens (tertiary/aromatic N) is 1. The highest BCUT2D eigenvalue weighted by Gasteiger charge is 2.11. The molecule has 0 aliphatic rings. The molecule has 0 fully saturated rings. The number of rotatable bonds is 3. The van der Waals surface area contributed by atoms with Crippen molar-refractivity contribution >= 4 is 33.2 Å². The summed E-state index contributed by atoms with van der Waals surface area (Å²) in [7, 11) is 0. The van der Waals surface area contributed by atoms with Gasteiger partial charge in [0, 0.05) is 11.3 Å². The van der Waals surface area contributed by atoms with E-state index in [2.05, 4.69) is 21.2 Å². The summed E-state index contributed by atoms with van der Waals surface area (Å²) in [5, 5.41) is 11.7. The Morgan fingerprint density at radius 3 is 2.45 bits per heavy atom. The van der Waals surface area contributed by atoms with Crippen LogP contribution >= 0.6 is 15.9 Å². The van der Waals surface area contributed by atoms with Gasteiger partial charge in [-0.25, -0.2) is 4.39 Å². The van der Waals surface area contributed by atoms with Gasteiger partial charge in [-0.15, -0.1) is 0 Å². The van der Waals surface area contributed by atoms with Gasteiger partial charge in [0.2, 0.25) is 5.91 Å². The van der Waals surface area contributed by atoms with Gasteiger partial charge >= 0.3 is 0 Å². The Morgan fingerprint density at radius 2 is 1.90 bits per heavy atom. The lowest BCUT2D eigenvalue weighted by atomic mass is 10.1. The van der Waals surface area contributed by atoms with Gasteiger partial charge in [-0.2, -0.15) is 5.26 Å². The summed E-state index contributed by atoms with van der Waals surface area (Å²) >= 11 is 3.04. The Hall–Kier alpha value is -2.39. The highest BCUT2D eigenvalue weighted by Crippen LogP contribution is 2.28. The quantitative estimate of drug-likeness (QED) is 0.904. The lowest BCUT2D eigenvalue weighted by Gasteiger charge is -2.09. The van der Waals surface area contributed by atoms with Crippen molar-refractivity contribution in [2.24, 2.45) is 5.73 Å². The van der Waals surface area contributed by atoms with Gasteiger partial charge in [0.1, 0.15) is 6.07 Å². The molecule has 0 saturated carbocycles. The normalized spacial score (nSPS) is 9.85. The van der Waals surface area contributed by atoms with Crippen LogP contribution in [0.1, 0.15) is 15.9 Å². The van der Waals surface area contributed by atoms with Gasteiger partial charge in [-0.3, -0.25) is 4.79 Å². The van der Waals surface area contributed by atoms with E-state index < -0.39 is 11.7 Å². The SMILES string of the molecule is N#Cc1ccc(Nc2ccc(C(N)=O)cc2)c(F)c1Br. The number of primary amides is 1. The number of nitriles is 1. The summed E-state index contributed by atoms with van der Waals surface area (Å²) < 4.78 is 14.1. The molecule has 1 amide bonds. The zero-order valence-corrected chi connectivity index (χ0v) is 11.7. The first-order chi connectivity index (χ1) is 9.52. The maximum absolute atomic E-state index is 14.0. The Kier molecular flexibility index (Phi) is 4.01. The molecule has 0 bridgehead atoms. The average molecular weight is 334 g/mol. The Bertz CT molecular complexity index is 708. The first-order valence-corrected chi connectivity index (χ1v) is 6.37. The van der Waals surface area contributed by atoms with Crippen molar-refractivity contribution in [2.75, 3.05) is 5.32 Å². The molecule has 100 valence electrons. The standard InChI is InChI=1S/C14H9BrFN3O/c15-12-9(7-17)3-6-11(13(12)16)19-10-4-1-8(2-5-10)14(18)20/h1-6,19H,(H2,18,20). The molecule has 0 aliphatic carbocycles. The number of anilines is 2. The van der Waals surface area contributed by atoms with Gasteiger partial charge in [-0.1, -0.05) is 0 Å². The molecule has 0 heterocycles. The molecule has 2 aromatic carbocycles. The molecule has 2 aromatic rings. The minimum Gasteiger partial charge on any atom is -0.366 e. The second-order valence-corrected chi connectivity index (χ2v) is 4.76. The molecule has 0 spiro atoms. The maximum atomic E-state index is 14.0. The first kappa shape index (κ1) is 14.0. The third kappa shape index (κ3) is 2.78. The monoisotopic (exact) mass is 333 g/mol. The van der Waals surface area contributed by atoms with Crippen LogP contribution in [0.25, 0.3) is 0 Å². The predicted molar refractivity (Wildman–Crippen MR) is 77.1 cm³/mol. The number of carbonyl (C=O) groups is 1. The number of hydrogen-bond donors (Lipinski definition) is 2. The van der Waals surface area contributed by atoms with Crippen molar-refractivity contribution in [3.05, 3.63) is 57.8 Å². The van der Waals surface area contributed by atoms with Crippen LogP contribution in [0.3, 0.4) is 0 Å². The van der Waals surface area contributed by atoms with E-state index in [0.29, 0.717) is 11.3 Å². The summed E-state index contributed by atoms with van der Waals surface area (Å²) in [6.07, 6.45) is 0. The Labute approximate surface area is 123 Å². The van der Waals surface area contributed by atoms with Crippen LogP contribution < -0.4 is 11.1 Å². The number of nitrogens with one attached hydrogen (secondary N) is 1. The van der Waals surface area contributed by atoms with Crippen LogP contribution in [-0.4, -0.2) is 5.91 Å². The lowest BCUT2D eigenvalue weighted by Crippen LogP contribution is -2.10. The molecule has 0 aliphatic heterocycles. The molecule has 0 aromatic heterocycles. The summed E-state index contributed by atoms with van der Waals surface area (Å²) in [5.74, 6) is -1.08. The van der Waals surface area contributed by atoms with Crippen molar-refractivity contribution in [3.63, 3.8) is 0 Å². The second kappa shape index (κ2) is 5.72. The highest BCUT2D eigenvalue weighted by molar-refractivity contribution is 9.10. The molecular weight excluding hydrogens is 325 g/mol. The number of halogens is 2. The summed E-state index contributed by atoms with van der Waals surface area (Å²) in [6, 6.07) is 11.2. The highest BCUT2D eigenvalue weighted by atomic mass is 79.9. The smallest absolute Gasteiger partial charge is 0.248 e. The Morgan fingerprint density at radius 1 is 1.25 bits per heavy atom. The topological polar surface area (TPSA) is 78.9 Å². The van der Waals surface area contributed by atoms with Gasteiger partial charge in [0.25, 0.3) is 0 Å². The van der Waals surface area contributed by atoms with Gasteiger partial charge < -0.3 is 11.1 Å². The second-order valence-electron chi connectivity index (χ2n) is 3.97. The number of hydrogen-bond acceptors (Lipinski definition) is 3. The van der Waals surface area contributed by atoms with Crippen molar-refractivity contribution in [3.8, 4) is 6.07 Å². The molecule has 4 nitrogen and oxygen atoms in total. The predicted octanol–water partition coefficient (Wildman–Crippen LogP) is 3.30. The van der Waals surface area contributed by atoms with Gasteiger partial charge in [-0.05, 0) is 52.3 Å². The minimum atomic E-state index is -0.553. The molecular formula is C14H9BrFN3O. The van der Waals surface area contributed by atoms with Crippen molar-refractivity contribution in [1.82, 2.24) is 0 Å².